The van der Waals surface area contributed by atoms with Crippen LogP contribution < -0.4 is 4.74 Å². The minimum Gasteiger partial charge on any atom is -0.459 e. The Hall–Kier alpha value is -3.14. The molecule has 6 heteroatoms. The van der Waals surface area contributed by atoms with Gasteiger partial charge < -0.3 is 19.7 Å². The molecule has 5 rings (SSSR count). The summed E-state index contributed by atoms with van der Waals surface area (Å²) in [6, 6.07) is 15.0. The second-order valence-electron chi connectivity index (χ2n) is 9.84. The van der Waals surface area contributed by atoms with Gasteiger partial charge in [-0.1, -0.05) is 37.1 Å². The molecule has 2 fully saturated rings. The van der Waals surface area contributed by atoms with E-state index in [1.807, 2.05) is 49.4 Å². The lowest BCUT2D eigenvalue weighted by atomic mass is 9.52. The molecule has 34 heavy (non-hydrogen) atoms. The van der Waals surface area contributed by atoms with E-state index in [9.17, 15) is 19.8 Å². The molecule has 3 aliphatic rings. The number of Topliss-reactive ketones (excluding diaryl/α,β-unsaturated/α-hetero) is 1. The summed E-state index contributed by atoms with van der Waals surface area (Å²) in [6.45, 7) is 1.84. The third-order valence-electron chi connectivity index (χ3n) is 8.36. The third kappa shape index (κ3) is 3.43. The SMILES string of the molecule is COC(=O)C#C[C@]1(O)CC[C@H]2[C@@H]3CC(=O)c4cc(Oc5ccccc5)ccc4[C@H]3C[C@@H](O)[C@@]21C. The van der Waals surface area contributed by atoms with Gasteiger partial charge in [-0.05, 0) is 66.8 Å². The van der Waals surface area contributed by atoms with Gasteiger partial charge in [-0.15, -0.1) is 0 Å². The second kappa shape index (κ2) is 8.26. The highest BCUT2D eigenvalue weighted by atomic mass is 16.5. The van der Waals surface area contributed by atoms with E-state index in [1.54, 1.807) is 6.07 Å². The average Bonchev–Trinajstić information content (AvgIpc) is 3.12. The van der Waals surface area contributed by atoms with Crippen molar-refractivity contribution in [3.8, 4) is 23.3 Å². The van der Waals surface area contributed by atoms with E-state index in [0.717, 1.165) is 5.56 Å². The maximum Gasteiger partial charge on any atom is 0.384 e. The molecule has 2 aromatic rings. The minimum absolute atomic E-state index is 0.00228. The number of fused-ring (bicyclic) bond motifs is 5. The summed E-state index contributed by atoms with van der Waals surface area (Å²) in [7, 11) is 1.24. The number of aliphatic hydroxyl groups is 2. The molecule has 0 saturated heterocycles. The molecule has 0 heterocycles. The summed E-state index contributed by atoms with van der Waals surface area (Å²) in [5.74, 6) is 5.58. The Bertz CT molecular complexity index is 1190. The normalized spacial score (nSPS) is 33.6. The van der Waals surface area contributed by atoms with Gasteiger partial charge in [-0.25, -0.2) is 4.79 Å². The molecule has 176 valence electrons. The Morgan fingerprint density at radius 2 is 1.91 bits per heavy atom. The fourth-order valence-corrected chi connectivity index (χ4v) is 6.52. The van der Waals surface area contributed by atoms with E-state index >= 15 is 0 Å². The van der Waals surface area contributed by atoms with Crippen molar-refractivity contribution in [2.75, 3.05) is 7.11 Å². The van der Waals surface area contributed by atoms with Crippen LogP contribution in [0.3, 0.4) is 0 Å². The van der Waals surface area contributed by atoms with Gasteiger partial charge in [-0.2, -0.15) is 0 Å². The molecule has 2 saturated carbocycles. The lowest BCUT2D eigenvalue weighted by molar-refractivity contribution is -0.141. The first-order valence-corrected chi connectivity index (χ1v) is 11.7. The largest absolute Gasteiger partial charge is 0.459 e. The van der Waals surface area contributed by atoms with Crippen LogP contribution in [0.15, 0.2) is 48.5 Å². The van der Waals surface area contributed by atoms with E-state index < -0.39 is 23.1 Å². The molecule has 2 aromatic carbocycles. The number of rotatable bonds is 2. The number of benzene rings is 2. The number of carbonyl (C=O) groups excluding carboxylic acids is 2. The lowest BCUT2D eigenvalue weighted by Gasteiger charge is -2.54. The van der Waals surface area contributed by atoms with Gasteiger partial charge in [0.15, 0.2) is 5.78 Å². The zero-order chi connectivity index (χ0) is 24.1. The number of para-hydroxylation sites is 1. The van der Waals surface area contributed by atoms with Gasteiger partial charge >= 0.3 is 5.97 Å². The molecule has 3 aliphatic carbocycles. The van der Waals surface area contributed by atoms with Gasteiger partial charge in [0.25, 0.3) is 0 Å². The Morgan fingerprint density at radius 3 is 2.65 bits per heavy atom. The Kier molecular flexibility index (Phi) is 5.50. The number of ketones is 1. The van der Waals surface area contributed by atoms with Crippen LogP contribution in [0.4, 0.5) is 0 Å². The predicted octanol–water partition coefficient (Wildman–Crippen LogP) is 3.85. The standard InChI is InChI=1S/C28H28O6/c1-27-23(10-12-28(27,32)13-11-26(31)33-2)21-15-24(29)22-14-18(34-17-6-4-3-5-7-17)8-9-19(22)20(21)16-25(27)30/h3-9,14,20-21,23,25,30,32H,10,12,15-16H2,1-2H3/t20-,21-,23+,25-,27-,28-/m1/s1. The van der Waals surface area contributed by atoms with Gasteiger partial charge in [0.05, 0.1) is 13.2 Å². The first-order valence-electron chi connectivity index (χ1n) is 11.7. The van der Waals surface area contributed by atoms with Crippen LogP contribution in [-0.2, 0) is 9.53 Å². The first kappa shape index (κ1) is 22.6. The molecule has 0 aliphatic heterocycles. The van der Waals surface area contributed by atoms with Crippen LogP contribution in [0, 0.1) is 29.1 Å². The summed E-state index contributed by atoms with van der Waals surface area (Å²) in [5, 5.41) is 22.8. The summed E-state index contributed by atoms with van der Waals surface area (Å²) in [5.41, 5.74) is -0.890. The van der Waals surface area contributed by atoms with E-state index in [1.165, 1.54) is 7.11 Å². The van der Waals surface area contributed by atoms with Crippen molar-refractivity contribution in [3.05, 3.63) is 59.7 Å². The van der Waals surface area contributed by atoms with Crippen molar-refractivity contribution < 1.29 is 29.3 Å². The van der Waals surface area contributed by atoms with Crippen molar-refractivity contribution in [2.24, 2.45) is 17.3 Å². The Labute approximate surface area is 198 Å². The van der Waals surface area contributed by atoms with E-state index in [0.29, 0.717) is 42.7 Å². The van der Waals surface area contributed by atoms with Crippen LogP contribution in [0.2, 0.25) is 0 Å². The van der Waals surface area contributed by atoms with E-state index in [4.69, 9.17) is 4.74 Å². The number of aliphatic hydroxyl groups excluding tert-OH is 1. The smallest absolute Gasteiger partial charge is 0.384 e. The van der Waals surface area contributed by atoms with Crippen molar-refractivity contribution in [2.45, 2.75) is 50.2 Å². The fourth-order valence-electron chi connectivity index (χ4n) is 6.52. The molecular formula is C28H28O6. The highest BCUT2D eigenvalue weighted by Gasteiger charge is 2.65. The molecule has 0 unspecified atom stereocenters. The van der Waals surface area contributed by atoms with Gasteiger partial charge in [0.2, 0.25) is 0 Å². The fraction of sp³-hybridized carbons (Fsp3) is 0.429. The number of hydrogen-bond acceptors (Lipinski definition) is 6. The topological polar surface area (TPSA) is 93.1 Å². The monoisotopic (exact) mass is 460 g/mol. The highest BCUT2D eigenvalue weighted by molar-refractivity contribution is 5.99. The number of ether oxygens (including phenoxy) is 2. The summed E-state index contributed by atoms with van der Waals surface area (Å²) in [4.78, 5) is 24.8. The second-order valence-corrected chi connectivity index (χ2v) is 9.84. The Balaban J connectivity index is 1.46. The van der Waals surface area contributed by atoms with E-state index in [-0.39, 0.29) is 23.5 Å². The van der Waals surface area contributed by atoms with Gasteiger partial charge in [0, 0.05) is 23.3 Å². The molecule has 0 aromatic heterocycles. The number of esters is 1. The zero-order valence-corrected chi connectivity index (χ0v) is 19.3. The average molecular weight is 461 g/mol. The lowest BCUT2D eigenvalue weighted by Crippen LogP contribution is -2.58. The molecule has 0 radical (unpaired) electrons. The molecule has 2 N–H and O–H groups in total. The van der Waals surface area contributed by atoms with Crippen LogP contribution in [0.25, 0.3) is 0 Å². The number of carbonyl (C=O) groups is 2. The molecule has 6 atom stereocenters. The van der Waals surface area contributed by atoms with Crippen molar-refractivity contribution in [3.63, 3.8) is 0 Å². The van der Waals surface area contributed by atoms with Gasteiger partial charge in [0.1, 0.15) is 17.1 Å². The number of hydrogen-bond donors (Lipinski definition) is 2. The van der Waals surface area contributed by atoms with Crippen molar-refractivity contribution >= 4 is 11.8 Å². The molecule has 0 bridgehead atoms. The quantitative estimate of drug-likeness (QED) is 0.402. The summed E-state index contributed by atoms with van der Waals surface area (Å²) < 4.78 is 10.5. The predicted molar refractivity (Wildman–Crippen MR) is 124 cm³/mol. The summed E-state index contributed by atoms with van der Waals surface area (Å²) >= 11 is 0. The first-order chi connectivity index (χ1) is 16.3. The van der Waals surface area contributed by atoms with Gasteiger partial charge in [-0.3, -0.25) is 4.79 Å². The van der Waals surface area contributed by atoms with E-state index in [2.05, 4.69) is 16.6 Å². The maximum absolute atomic E-state index is 13.3. The van der Waals surface area contributed by atoms with Crippen LogP contribution in [0.1, 0.15) is 54.4 Å². The molecule has 0 spiro atoms. The highest BCUT2D eigenvalue weighted by Crippen LogP contribution is 2.64. The van der Waals surface area contributed by atoms with Crippen LogP contribution in [0.5, 0.6) is 11.5 Å². The zero-order valence-electron chi connectivity index (χ0n) is 19.3. The maximum atomic E-state index is 13.3. The van der Waals surface area contributed by atoms with Crippen LogP contribution in [-0.4, -0.2) is 40.8 Å². The minimum atomic E-state index is -1.52. The molecule has 0 amide bonds. The summed E-state index contributed by atoms with van der Waals surface area (Å²) in [6.07, 6.45) is 0.890. The third-order valence-corrected chi connectivity index (χ3v) is 8.36. The van der Waals surface area contributed by atoms with Crippen molar-refractivity contribution in [1.29, 1.82) is 0 Å². The molecule has 6 nitrogen and oxygen atoms in total. The Morgan fingerprint density at radius 1 is 1.15 bits per heavy atom. The van der Waals surface area contributed by atoms with Crippen LogP contribution >= 0.6 is 0 Å². The molecular weight excluding hydrogens is 432 g/mol. The number of methoxy groups -OCH3 is 1. The van der Waals surface area contributed by atoms with Crippen molar-refractivity contribution in [1.82, 2.24) is 0 Å².